The number of nitrogens with zero attached hydrogens (tertiary/aromatic N) is 2. The molecule has 100 valence electrons. The Kier molecular flexibility index (Phi) is 5.20. The third-order valence-electron chi connectivity index (χ3n) is 3.36. The molecule has 2 rings (SSSR count). The van der Waals surface area contributed by atoms with Gasteiger partial charge in [0.2, 0.25) is 5.91 Å². The molecule has 1 saturated heterocycles. The molecule has 1 aliphatic heterocycles. The Balaban J connectivity index is 1.48. The number of aromatic nitrogens is 2. The molecule has 0 spiro atoms. The second kappa shape index (κ2) is 7.16. The molecule has 0 saturated carbocycles. The van der Waals surface area contributed by atoms with E-state index in [1.165, 1.54) is 0 Å². The first kappa shape index (κ1) is 13.1. The highest BCUT2D eigenvalue weighted by Gasteiger charge is 2.17. The van der Waals surface area contributed by atoms with E-state index in [9.17, 15) is 4.79 Å². The topological polar surface area (TPSA) is 59.0 Å². The van der Waals surface area contributed by atoms with E-state index in [4.69, 9.17) is 0 Å². The zero-order valence-electron chi connectivity index (χ0n) is 10.8. The maximum atomic E-state index is 11.6. The maximum absolute atomic E-state index is 11.6. The van der Waals surface area contributed by atoms with Crippen LogP contribution in [0.15, 0.2) is 18.7 Å². The molecule has 2 N–H and O–H groups in total. The van der Waals surface area contributed by atoms with Gasteiger partial charge in [-0.3, -0.25) is 4.79 Å². The Labute approximate surface area is 108 Å². The number of unbranched alkanes of at least 4 members (excludes halogenated alkanes) is 1. The van der Waals surface area contributed by atoms with Crippen LogP contribution in [0.2, 0.25) is 0 Å². The molecule has 1 aliphatic rings. The van der Waals surface area contributed by atoms with Gasteiger partial charge in [-0.1, -0.05) is 0 Å². The van der Waals surface area contributed by atoms with Crippen LogP contribution in [0.1, 0.15) is 25.7 Å². The summed E-state index contributed by atoms with van der Waals surface area (Å²) in [6.07, 6.45) is 9.48. The fourth-order valence-corrected chi connectivity index (χ4v) is 2.29. The first-order chi connectivity index (χ1) is 8.84. The number of hydrogen-bond acceptors (Lipinski definition) is 3. The van der Waals surface area contributed by atoms with Crippen molar-refractivity contribution >= 4 is 5.91 Å². The molecule has 18 heavy (non-hydrogen) atoms. The monoisotopic (exact) mass is 250 g/mol. The van der Waals surface area contributed by atoms with Gasteiger partial charge in [-0.05, 0) is 38.3 Å². The molecule has 0 bridgehead atoms. The molecule has 1 atom stereocenters. The van der Waals surface area contributed by atoms with E-state index >= 15 is 0 Å². The van der Waals surface area contributed by atoms with Crippen LogP contribution in [0.4, 0.5) is 0 Å². The van der Waals surface area contributed by atoms with Crippen LogP contribution in [0, 0.1) is 5.92 Å². The lowest BCUT2D eigenvalue weighted by atomic mass is 10.0. The van der Waals surface area contributed by atoms with Crippen LogP contribution in [0.3, 0.4) is 0 Å². The highest BCUT2D eigenvalue weighted by atomic mass is 16.1. The Morgan fingerprint density at radius 1 is 1.50 bits per heavy atom. The second-order valence-corrected chi connectivity index (χ2v) is 4.92. The van der Waals surface area contributed by atoms with Crippen molar-refractivity contribution in [2.24, 2.45) is 5.92 Å². The van der Waals surface area contributed by atoms with E-state index in [2.05, 4.69) is 20.2 Å². The fourth-order valence-electron chi connectivity index (χ4n) is 2.29. The molecule has 0 aromatic carbocycles. The van der Waals surface area contributed by atoms with Crippen molar-refractivity contribution in [3.05, 3.63) is 18.7 Å². The van der Waals surface area contributed by atoms with Crippen molar-refractivity contribution in [2.75, 3.05) is 19.6 Å². The molecule has 1 unspecified atom stereocenters. The van der Waals surface area contributed by atoms with Gasteiger partial charge in [0, 0.05) is 31.9 Å². The minimum atomic E-state index is 0.200. The number of amides is 1. The average Bonchev–Trinajstić information content (AvgIpc) is 3.01. The van der Waals surface area contributed by atoms with Crippen molar-refractivity contribution in [3.8, 4) is 0 Å². The molecule has 1 amide bonds. The number of hydrogen-bond donors (Lipinski definition) is 2. The minimum absolute atomic E-state index is 0.200. The quantitative estimate of drug-likeness (QED) is 0.703. The largest absolute Gasteiger partial charge is 0.356 e. The number of rotatable bonds is 7. The van der Waals surface area contributed by atoms with Crippen LogP contribution < -0.4 is 10.6 Å². The van der Waals surface area contributed by atoms with Gasteiger partial charge in [0.1, 0.15) is 0 Å². The van der Waals surface area contributed by atoms with Gasteiger partial charge in [0.15, 0.2) is 0 Å². The van der Waals surface area contributed by atoms with Crippen molar-refractivity contribution in [3.63, 3.8) is 0 Å². The summed E-state index contributed by atoms with van der Waals surface area (Å²) in [7, 11) is 0. The van der Waals surface area contributed by atoms with Crippen LogP contribution in [-0.4, -0.2) is 35.1 Å². The number of carbonyl (C=O) groups excluding carboxylic acids is 1. The number of aryl methyl sites for hydroxylation is 1. The van der Waals surface area contributed by atoms with Crippen LogP contribution in [-0.2, 0) is 11.3 Å². The molecule has 0 radical (unpaired) electrons. The van der Waals surface area contributed by atoms with Crippen LogP contribution in [0.5, 0.6) is 0 Å². The van der Waals surface area contributed by atoms with E-state index in [-0.39, 0.29) is 5.91 Å². The summed E-state index contributed by atoms with van der Waals surface area (Å²) >= 11 is 0. The summed E-state index contributed by atoms with van der Waals surface area (Å²) in [5.41, 5.74) is 0. The minimum Gasteiger partial charge on any atom is -0.356 e. The zero-order valence-corrected chi connectivity index (χ0v) is 10.8. The van der Waals surface area contributed by atoms with Crippen LogP contribution >= 0.6 is 0 Å². The summed E-state index contributed by atoms with van der Waals surface area (Å²) < 4.78 is 2.06. The van der Waals surface area contributed by atoms with Crippen LogP contribution in [0.25, 0.3) is 0 Å². The number of nitrogens with one attached hydrogen (secondary N) is 2. The van der Waals surface area contributed by atoms with Gasteiger partial charge in [0.25, 0.3) is 0 Å². The highest BCUT2D eigenvalue weighted by molar-refractivity contribution is 5.76. The first-order valence-electron chi connectivity index (χ1n) is 6.78. The van der Waals surface area contributed by atoms with Crippen molar-refractivity contribution in [1.29, 1.82) is 0 Å². The Bertz CT molecular complexity index is 344. The lowest BCUT2D eigenvalue weighted by Gasteiger charge is -2.09. The first-order valence-corrected chi connectivity index (χ1v) is 6.78. The predicted molar refractivity (Wildman–Crippen MR) is 70.1 cm³/mol. The second-order valence-electron chi connectivity index (χ2n) is 4.92. The molecule has 1 aromatic heterocycles. The summed E-state index contributed by atoms with van der Waals surface area (Å²) in [4.78, 5) is 15.6. The van der Waals surface area contributed by atoms with E-state index in [0.717, 1.165) is 45.4 Å². The average molecular weight is 250 g/mol. The summed E-state index contributed by atoms with van der Waals surface area (Å²) in [6, 6.07) is 0. The zero-order chi connectivity index (χ0) is 12.6. The Hall–Kier alpha value is -1.36. The Morgan fingerprint density at radius 2 is 2.44 bits per heavy atom. The summed E-state index contributed by atoms with van der Waals surface area (Å²) in [6.45, 7) is 3.81. The molecular weight excluding hydrogens is 228 g/mol. The lowest BCUT2D eigenvalue weighted by Crippen LogP contribution is -2.27. The predicted octanol–water partition coefficient (Wildman–Crippen LogP) is 0.779. The van der Waals surface area contributed by atoms with Gasteiger partial charge in [0.05, 0.1) is 6.33 Å². The normalized spacial score (nSPS) is 19.0. The van der Waals surface area contributed by atoms with Gasteiger partial charge in [-0.15, -0.1) is 0 Å². The van der Waals surface area contributed by atoms with Crippen molar-refractivity contribution in [1.82, 2.24) is 20.2 Å². The molecule has 1 fully saturated rings. The van der Waals surface area contributed by atoms with Crippen molar-refractivity contribution < 1.29 is 4.79 Å². The smallest absolute Gasteiger partial charge is 0.220 e. The van der Waals surface area contributed by atoms with E-state index in [0.29, 0.717) is 12.3 Å². The molecule has 0 aliphatic carbocycles. The summed E-state index contributed by atoms with van der Waals surface area (Å²) in [5.74, 6) is 0.738. The SMILES string of the molecule is O=C(CC1CCNC1)NCCCCn1ccnc1. The van der Waals surface area contributed by atoms with Gasteiger partial charge < -0.3 is 15.2 Å². The van der Waals surface area contributed by atoms with Gasteiger partial charge >= 0.3 is 0 Å². The van der Waals surface area contributed by atoms with E-state index in [1.807, 2.05) is 12.5 Å². The molecule has 2 heterocycles. The third kappa shape index (κ3) is 4.49. The summed E-state index contributed by atoms with van der Waals surface area (Å²) in [5, 5.41) is 6.28. The highest BCUT2D eigenvalue weighted by Crippen LogP contribution is 2.11. The van der Waals surface area contributed by atoms with E-state index in [1.54, 1.807) is 6.20 Å². The molecule has 5 heteroatoms. The molecule has 1 aromatic rings. The third-order valence-corrected chi connectivity index (χ3v) is 3.36. The lowest BCUT2D eigenvalue weighted by molar-refractivity contribution is -0.121. The number of carbonyl (C=O) groups is 1. The molecule has 5 nitrogen and oxygen atoms in total. The van der Waals surface area contributed by atoms with Gasteiger partial charge in [-0.25, -0.2) is 4.98 Å². The number of imidazole rings is 1. The maximum Gasteiger partial charge on any atom is 0.220 e. The molecular formula is C13H22N4O. The van der Waals surface area contributed by atoms with Crippen molar-refractivity contribution in [2.45, 2.75) is 32.2 Å². The fraction of sp³-hybridized carbons (Fsp3) is 0.692. The van der Waals surface area contributed by atoms with E-state index < -0.39 is 0 Å². The van der Waals surface area contributed by atoms with Gasteiger partial charge in [-0.2, -0.15) is 0 Å². The Morgan fingerprint density at radius 3 is 3.17 bits per heavy atom. The standard InChI is InChI=1S/C13H22N4O/c18-13(9-12-3-5-14-10-12)16-4-1-2-7-17-8-6-15-11-17/h6,8,11-12,14H,1-5,7,9-10H2,(H,16,18).